The Hall–Kier alpha value is -3.03. The topological polar surface area (TPSA) is 84.5 Å². The fourth-order valence-corrected chi connectivity index (χ4v) is 4.08. The van der Waals surface area contributed by atoms with Crippen LogP contribution in [0.5, 0.6) is 5.75 Å². The largest absolute Gasteiger partial charge is 0.491 e. The average molecular weight is 459 g/mol. The van der Waals surface area contributed by atoms with Crippen LogP contribution in [0.1, 0.15) is 29.8 Å². The second-order valence-electron chi connectivity index (χ2n) is 7.23. The molecule has 0 saturated carbocycles. The molecule has 0 heterocycles. The van der Waals surface area contributed by atoms with Gasteiger partial charge in [0.2, 0.25) is 0 Å². The molecule has 2 N–H and O–H groups in total. The molecule has 1 amide bonds. The normalized spacial score (nSPS) is 11.3. The molecule has 0 atom stereocenters. The highest BCUT2D eigenvalue weighted by molar-refractivity contribution is 7.92. The number of aryl methyl sites for hydroxylation is 1. The second-order valence-corrected chi connectivity index (χ2v) is 9.35. The molecule has 8 heteroatoms. The molecule has 3 rings (SSSR count). The van der Waals surface area contributed by atoms with Gasteiger partial charge in [-0.3, -0.25) is 9.52 Å². The minimum absolute atomic E-state index is 0.0479. The Labute approximate surface area is 187 Å². The Kier molecular flexibility index (Phi) is 6.87. The number of anilines is 2. The number of halogens is 1. The van der Waals surface area contributed by atoms with E-state index in [0.29, 0.717) is 27.7 Å². The van der Waals surface area contributed by atoms with Gasteiger partial charge in [-0.2, -0.15) is 0 Å². The maximum Gasteiger partial charge on any atom is 0.261 e. The van der Waals surface area contributed by atoms with Gasteiger partial charge in [0.25, 0.3) is 15.9 Å². The molecular formula is C23H23ClN2O4S. The van der Waals surface area contributed by atoms with Gasteiger partial charge in [0, 0.05) is 16.3 Å². The predicted molar refractivity (Wildman–Crippen MR) is 124 cm³/mol. The molecule has 0 saturated heterocycles. The van der Waals surface area contributed by atoms with Gasteiger partial charge in [0.15, 0.2) is 0 Å². The van der Waals surface area contributed by atoms with Gasteiger partial charge in [0.1, 0.15) is 5.75 Å². The fourth-order valence-electron chi connectivity index (χ4n) is 2.79. The van der Waals surface area contributed by atoms with Crippen molar-refractivity contribution in [2.24, 2.45) is 0 Å². The summed E-state index contributed by atoms with van der Waals surface area (Å²) in [5, 5.41) is 3.19. The van der Waals surface area contributed by atoms with Crippen LogP contribution in [0.4, 0.5) is 11.4 Å². The Morgan fingerprint density at radius 1 is 0.968 bits per heavy atom. The summed E-state index contributed by atoms with van der Waals surface area (Å²) in [7, 11) is -3.80. The van der Waals surface area contributed by atoms with Crippen molar-refractivity contribution in [1.82, 2.24) is 0 Å². The van der Waals surface area contributed by atoms with E-state index < -0.39 is 10.0 Å². The summed E-state index contributed by atoms with van der Waals surface area (Å²) in [6, 6.07) is 17.7. The maximum absolute atomic E-state index is 12.7. The standard InChI is InChI=1S/C23H23ClN2O4S/c1-15(2)30-20-10-5-17(6-11-20)23(27)25-19-8-12-21(13-9-19)31(28,29)26-22-14-18(24)7-4-16(22)3/h4-15,26H,1-3H3,(H,25,27). The molecule has 0 unspecified atom stereocenters. The zero-order chi connectivity index (χ0) is 22.6. The molecule has 3 aromatic carbocycles. The first kappa shape index (κ1) is 22.7. The Morgan fingerprint density at radius 3 is 2.23 bits per heavy atom. The molecule has 0 aliphatic heterocycles. The molecule has 0 aliphatic rings. The van der Waals surface area contributed by atoms with Crippen LogP contribution < -0.4 is 14.8 Å². The molecule has 0 bridgehead atoms. The van der Waals surface area contributed by atoms with Gasteiger partial charge in [-0.05, 0) is 87.0 Å². The van der Waals surface area contributed by atoms with Gasteiger partial charge in [-0.1, -0.05) is 17.7 Å². The van der Waals surface area contributed by atoms with Crippen LogP contribution in [0, 0.1) is 6.92 Å². The van der Waals surface area contributed by atoms with Crippen molar-refractivity contribution in [3.8, 4) is 5.75 Å². The number of nitrogens with one attached hydrogen (secondary N) is 2. The van der Waals surface area contributed by atoms with E-state index in [9.17, 15) is 13.2 Å². The van der Waals surface area contributed by atoms with Gasteiger partial charge in [0.05, 0.1) is 16.7 Å². The van der Waals surface area contributed by atoms with Crippen molar-refractivity contribution in [3.63, 3.8) is 0 Å². The Morgan fingerprint density at radius 2 is 1.61 bits per heavy atom. The zero-order valence-electron chi connectivity index (χ0n) is 17.3. The number of carbonyl (C=O) groups is 1. The molecule has 0 aromatic heterocycles. The maximum atomic E-state index is 12.7. The van der Waals surface area contributed by atoms with Crippen LogP contribution in [0.3, 0.4) is 0 Å². The number of rotatable bonds is 7. The van der Waals surface area contributed by atoms with Gasteiger partial charge in [-0.15, -0.1) is 0 Å². The highest BCUT2D eigenvalue weighted by Crippen LogP contribution is 2.24. The van der Waals surface area contributed by atoms with E-state index in [1.165, 1.54) is 24.3 Å². The summed E-state index contributed by atoms with van der Waals surface area (Å²) in [5.41, 5.74) is 2.10. The first-order valence-corrected chi connectivity index (χ1v) is 11.5. The van der Waals surface area contributed by atoms with E-state index in [0.717, 1.165) is 5.56 Å². The number of hydrogen-bond donors (Lipinski definition) is 2. The van der Waals surface area contributed by atoms with Gasteiger partial charge >= 0.3 is 0 Å². The van der Waals surface area contributed by atoms with E-state index in [4.69, 9.17) is 16.3 Å². The lowest BCUT2D eigenvalue weighted by molar-refractivity contribution is 0.102. The van der Waals surface area contributed by atoms with Gasteiger partial charge in [-0.25, -0.2) is 8.42 Å². The second kappa shape index (κ2) is 9.41. The summed E-state index contributed by atoms with van der Waals surface area (Å²) in [6.45, 7) is 5.64. The van der Waals surface area contributed by atoms with E-state index in [1.54, 1.807) is 49.4 Å². The van der Waals surface area contributed by atoms with Crippen molar-refractivity contribution in [3.05, 3.63) is 82.9 Å². The third-order valence-electron chi connectivity index (χ3n) is 4.35. The third-order valence-corrected chi connectivity index (χ3v) is 5.97. The van der Waals surface area contributed by atoms with E-state index in [-0.39, 0.29) is 16.9 Å². The van der Waals surface area contributed by atoms with Crippen LogP contribution in [-0.4, -0.2) is 20.4 Å². The first-order chi connectivity index (χ1) is 14.6. The molecule has 0 fully saturated rings. The average Bonchev–Trinajstić information content (AvgIpc) is 2.71. The number of hydrogen-bond acceptors (Lipinski definition) is 4. The highest BCUT2D eigenvalue weighted by atomic mass is 35.5. The molecule has 31 heavy (non-hydrogen) atoms. The number of benzene rings is 3. The highest BCUT2D eigenvalue weighted by Gasteiger charge is 2.16. The lowest BCUT2D eigenvalue weighted by Gasteiger charge is -2.12. The molecule has 3 aromatic rings. The predicted octanol–water partition coefficient (Wildman–Crippen LogP) is 5.49. The molecule has 162 valence electrons. The summed E-state index contributed by atoms with van der Waals surface area (Å²) >= 11 is 5.96. The Balaban J connectivity index is 1.69. The first-order valence-electron chi connectivity index (χ1n) is 9.61. The zero-order valence-corrected chi connectivity index (χ0v) is 18.9. The smallest absolute Gasteiger partial charge is 0.261 e. The van der Waals surface area contributed by atoms with Crippen molar-refractivity contribution in [1.29, 1.82) is 0 Å². The SMILES string of the molecule is Cc1ccc(Cl)cc1NS(=O)(=O)c1ccc(NC(=O)c2ccc(OC(C)C)cc2)cc1. The fraction of sp³-hybridized carbons (Fsp3) is 0.174. The van der Waals surface area contributed by atoms with Crippen molar-refractivity contribution in [2.75, 3.05) is 10.0 Å². The summed E-state index contributed by atoms with van der Waals surface area (Å²) in [6.07, 6.45) is 0.0479. The number of amides is 1. The lowest BCUT2D eigenvalue weighted by atomic mass is 10.2. The summed E-state index contributed by atoms with van der Waals surface area (Å²) in [5.74, 6) is 0.378. The van der Waals surface area contributed by atoms with Crippen molar-refractivity contribution in [2.45, 2.75) is 31.8 Å². The minimum Gasteiger partial charge on any atom is -0.491 e. The number of ether oxygens (including phenoxy) is 1. The van der Waals surface area contributed by atoms with Crippen molar-refractivity contribution < 1.29 is 17.9 Å². The molecule has 0 spiro atoms. The van der Waals surface area contributed by atoms with Gasteiger partial charge < -0.3 is 10.1 Å². The molecule has 0 radical (unpaired) electrons. The quantitative estimate of drug-likeness (QED) is 0.490. The lowest BCUT2D eigenvalue weighted by Crippen LogP contribution is -2.15. The number of sulfonamides is 1. The van der Waals surface area contributed by atoms with Crippen LogP contribution in [0.2, 0.25) is 5.02 Å². The number of carbonyl (C=O) groups excluding carboxylic acids is 1. The van der Waals surface area contributed by atoms with E-state index in [2.05, 4.69) is 10.0 Å². The summed E-state index contributed by atoms with van der Waals surface area (Å²) < 4.78 is 33.5. The summed E-state index contributed by atoms with van der Waals surface area (Å²) in [4.78, 5) is 12.5. The van der Waals surface area contributed by atoms with E-state index >= 15 is 0 Å². The third kappa shape index (κ3) is 5.99. The van der Waals surface area contributed by atoms with Crippen LogP contribution in [0.25, 0.3) is 0 Å². The van der Waals surface area contributed by atoms with E-state index in [1.807, 2.05) is 13.8 Å². The van der Waals surface area contributed by atoms with Crippen LogP contribution in [0.15, 0.2) is 71.6 Å². The van der Waals surface area contributed by atoms with Crippen LogP contribution >= 0.6 is 11.6 Å². The molecule has 6 nitrogen and oxygen atoms in total. The Bertz CT molecular complexity index is 1180. The molecule has 0 aliphatic carbocycles. The van der Waals surface area contributed by atoms with Crippen molar-refractivity contribution >= 4 is 38.9 Å². The minimum atomic E-state index is -3.80. The monoisotopic (exact) mass is 458 g/mol. The molecular weight excluding hydrogens is 436 g/mol. The van der Waals surface area contributed by atoms with Crippen LogP contribution in [-0.2, 0) is 10.0 Å².